The van der Waals surface area contributed by atoms with Crippen LogP contribution >= 0.6 is 0 Å². The number of amides is 7. The number of benzene rings is 1. The first-order valence-corrected chi connectivity index (χ1v) is 25.0. The van der Waals surface area contributed by atoms with Gasteiger partial charge in [-0.2, -0.15) is 0 Å². The van der Waals surface area contributed by atoms with E-state index in [9.17, 15) is 63.3 Å². The number of unbranched alkanes of at least 4 members (excludes halogenated alkanes) is 2. The molecule has 0 heterocycles. The Labute approximate surface area is 428 Å². The largest absolute Gasteiger partial charge is 0.480 e. The van der Waals surface area contributed by atoms with Crippen molar-refractivity contribution in [1.29, 1.82) is 0 Å². The van der Waals surface area contributed by atoms with Crippen LogP contribution in [0, 0.1) is 5.92 Å². The van der Waals surface area contributed by atoms with Crippen LogP contribution in [-0.4, -0.2) is 161 Å². The molecule has 15 N–H and O–H groups in total. The van der Waals surface area contributed by atoms with Crippen LogP contribution in [0.1, 0.15) is 119 Å². The van der Waals surface area contributed by atoms with Gasteiger partial charge in [0, 0.05) is 31.8 Å². The number of hydrogen-bond donors (Lipinski definition) is 14. The lowest BCUT2D eigenvalue weighted by molar-refractivity contribution is -0.142. The molecule has 412 valence electrons. The quantitative estimate of drug-likeness (QED) is 0.0190. The molecule has 0 fully saturated rings. The summed E-state index contributed by atoms with van der Waals surface area (Å²) in [7, 11) is 0. The van der Waals surface area contributed by atoms with E-state index in [1.807, 2.05) is 27.7 Å². The molecule has 0 aliphatic heterocycles. The van der Waals surface area contributed by atoms with Crippen LogP contribution < -0.4 is 59.1 Å². The van der Waals surface area contributed by atoms with E-state index in [0.717, 1.165) is 6.42 Å². The Balaban J connectivity index is 3.28. The first-order valence-electron chi connectivity index (χ1n) is 25.0. The zero-order valence-corrected chi connectivity index (χ0v) is 43.6. The number of primary amides is 1. The summed E-state index contributed by atoms with van der Waals surface area (Å²) < 4.78 is 0. The van der Waals surface area contributed by atoms with Gasteiger partial charge in [-0.3, -0.25) is 47.9 Å². The van der Waals surface area contributed by atoms with E-state index in [1.54, 1.807) is 44.2 Å². The van der Waals surface area contributed by atoms with Crippen molar-refractivity contribution in [3.8, 4) is 0 Å². The Morgan fingerprint density at radius 1 is 0.521 bits per heavy atom. The smallest absolute Gasteiger partial charge is 0.322 e. The number of aliphatic hydroxyl groups excluding tert-OH is 2. The Hall–Kier alpha value is -5.92. The number of hydrogen-bond acceptors (Lipinski definition) is 16. The molecule has 0 saturated heterocycles. The molecule has 0 aliphatic carbocycles. The number of nitrogens with one attached hydrogen (secondary N) is 10. The molecule has 24 nitrogen and oxygen atoms in total. The van der Waals surface area contributed by atoms with Gasteiger partial charge in [-0.1, -0.05) is 71.9 Å². The Morgan fingerprint density at radius 3 is 1.48 bits per heavy atom. The summed E-state index contributed by atoms with van der Waals surface area (Å²) in [6.45, 7) is 13.4. The van der Waals surface area contributed by atoms with Gasteiger partial charge in [0.15, 0.2) is 0 Å². The Morgan fingerprint density at radius 2 is 0.973 bits per heavy atom. The predicted octanol–water partition coefficient (Wildman–Crippen LogP) is -2.14. The molecule has 8 atom stereocenters. The van der Waals surface area contributed by atoms with Gasteiger partial charge in [0.25, 0.3) is 0 Å². The fourth-order valence-electron chi connectivity index (χ4n) is 7.24. The number of carboxylic acid groups (broad SMARTS) is 1. The van der Waals surface area contributed by atoms with Crippen LogP contribution in [0.5, 0.6) is 0 Å². The predicted molar refractivity (Wildman–Crippen MR) is 271 cm³/mol. The number of Topliss-reactive ketones (excluding diaryl/α,β-unsaturated/α-hetero) is 2. The third-order valence-corrected chi connectivity index (χ3v) is 11.2. The minimum absolute atomic E-state index is 0.0498. The van der Waals surface area contributed by atoms with Gasteiger partial charge in [-0.25, -0.2) is 10.9 Å². The maximum atomic E-state index is 14.1. The van der Waals surface area contributed by atoms with Crippen molar-refractivity contribution in [2.24, 2.45) is 11.7 Å². The standard InChI is InChI=1S/C49H83N11O13/c1-28(2)24-37(60-59-36(49(72)73)19-13-15-23-52-30(5)6)42(65)43(66)39(26-61)57-46(69)35(20-21-41(50)64)55-47(70)38(25-33-16-10-9-11-17-33)56-48(71)40(27-62)58-44(67)31(7)53-45(68)34(54-32(8)63)18-12-14-22-51-29(3)4/h9-11,16-17,28-31,34-40,51-52,59-62H,12-15,18-27H2,1-8H3,(H2,50,64)(H,53,68)(H,54,63)(H,55,70)(H,56,71)(H,57,69)(H,58,67)(H,72,73)/t31?,34?,35-,36?,37-,38?,39?,40-/m0/s1. The highest BCUT2D eigenvalue weighted by molar-refractivity contribution is 6.41. The summed E-state index contributed by atoms with van der Waals surface area (Å²) in [4.78, 5) is 131. The highest BCUT2D eigenvalue weighted by atomic mass is 16.4. The van der Waals surface area contributed by atoms with Crippen molar-refractivity contribution >= 4 is 58.9 Å². The van der Waals surface area contributed by atoms with Gasteiger partial charge in [0.05, 0.1) is 19.3 Å². The average Bonchev–Trinajstić information content (AvgIpc) is 3.32. The lowest BCUT2D eigenvalue weighted by Gasteiger charge is -2.27. The number of nitrogens with two attached hydrogens (primary N) is 1. The molecular weight excluding hydrogens is 951 g/mol. The third kappa shape index (κ3) is 27.1. The van der Waals surface area contributed by atoms with Crippen LogP contribution in [0.2, 0.25) is 0 Å². The van der Waals surface area contributed by atoms with E-state index in [1.165, 1.54) is 13.8 Å². The summed E-state index contributed by atoms with van der Waals surface area (Å²) in [6, 6.07) is -2.52. The molecule has 1 rings (SSSR count). The summed E-state index contributed by atoms with van der Waals surface area (Å²) in [6.07, 6.45) is 1.92. The van der Waals surface area contributed by atoms with E-state index >= 15 is 0 Å². The fraction of sp³-hybridized carbons (Fsp3) is 0.673. The molecule has 0 aliphatic rings. The Bertz CT molecular complexity index is 1940. The lowest BCUT2D eigenvalue weighted by atomic mass is 9.95. The average molecular weight is 1030 g/mol. The zero-order chi connectivity index (χ0) is 55.2. The number of carbonyl (C=O) groups is 10. The molecule has 0 spiro atoms. The number of hydrazine groups is 1. The third-order valence-electron chi connectivity index (χ3n) is 11.2. The number of ketones is 2. The van der Waals surface area contributed by atoms with Gasteiger partial charge < -0.3 is 63.6 Å². The number of aliphatic hydroxyl groups is 2. The molecule has 73 heavy (non-hydrogen) atoms. The van der Waals surface area contributed by atoms with Crippen LogP contribution in [0.3, 0.4) is 0 Å². The van der Waals surface area contributed by atoms with Gasteiger partial charge in [-0.05, 0) is 82.9 Å². The molecule has 0 radical (unpaired) electrons. The molecule has 0 aromatic heterocycles. The first-order chi connectivity index (χ1) is 34.4. The minimum Gasteiger partial charge on any atom is -0.480 e. The number of aliphatic carboxylic acids is 1. The maximum Gasteiger partial charge on any atom is 0.322 e. The molecular formula is C49H83N11O13. The molecule has 1 aromatic carbocycles. The number of carboxylic acids is 1. The molecule has 0 saturated carbocycles. The van der Waals surface area contributed by atoms with Crippen molar-refractivity contribution in [2.75, 3.05) is 26.3 Å². The lowest BCUT2D eigenvalue weighted by Crippen LogP contribution is -2.61. The van der Waals surface area contributed by atoms with Crippen molar-refractivity contribution < 1.29 is 63.3 Å². The van der Waals surface area contributed by atoms with E-state index in [2.05, 4.69) is 53.4 Å². The summed E-state index contributed by atoms with van der Waals surface area (Å²) in [5, 5.41) is 51.5. The number of rotatable bonds is 39. The highest BCUT2D eigenvalue weighted by Crippen LogP contribution is 2.11. The Kier molecular flexibility index (Phi) is 31.5. The van der Waals surface area contributed by atoms with Crippen LogP contribution in [-0.2, 0) is 54.4 Å². The van der Waals surface area contributed by atoms with Crippen LogP contribution in [0.4, 0.5) is 0 Å². The minimum atomic E-state index is -1.86. The molecule has 7 amide bonds. The van der Waals surface area contributed by atoms with E-state index < -0.39 is 133 Å². The maximum absolute atomic E-state index is 14.1. The second kappa shape index (κ2) is 35.3. The second-order valence-electron chi connectivity index (χ2n) is 19.1. The number of carbonyl (C=O) groups excluding carboxylic acids is 9. The normalized spacial score (nSPS) is 14.6. The van der Waals surface area contributed by atoms with Gasteiger partial charge in [-0.15, -0.1) is 0 Å². The van der Waals surface area contributed by atoms with E-state index in [-0.39, 0.29) is 43.7 Å². The zero-order valence-electron chi connectivity index (χ0n) is 43.6. The van der Waals surface area contributed by atoms with Crippen molar-refractivity contribution in [1.82, 2.24) is 53.4 Å². The molecule has 5 unspecified atom stereocenters. The topological polar surface area (TPSA) is 378 Å². The highest BCUT2D eigenvalue weighted by Gasteiger charge is 2.36. The summed E-state index contributed by atoms with van der Waals surface area (Å²) in [5.41, 5.74) is 11.2. The van der Waals surface area contributed by atoms with E-state index in [4.69, 9.17) is 5.73 Å². The van der Waals surface area contributed by atoms with Crippen molar-refractivity contribution in [2.45, 2.75) is 180 Å². The van der Waals surface area contributed by atoms with E-state index in [0.29, 0.717) is 37.9 Å². The fourth-order valence-corrected chi connectivity index (χ4v) is 7.24. The monoisotopic (exact) mass is 1030 g/mol. The van der Waals surface area contributed by atoms with Gasteiger partial charge in [0.1, 0.15) is 42.3 Å². The van der Waals surface area contributed by atoms with Gasteiger partial charge in [0.2, 0.25) is 52.9 Å². The van der Waals surface area contributed by atoms with Crippen LogP contribution in [0.25, 0.3) is 0 Å². The SMILES string of the molecule is CC(=O)NC(CCCCNC(C)C)C(=O)NC(C)C(=O)N[C@@H](CO)C(=O)NC(Cc1ccccc1)C(=O)N[C@@H](CCC(N)=O)C(=O)NC(CO)C(=O)C(=O)[C@H](CC(C)C)NNC(CCCCNC(C)C)C(=O)O. The van der Waals surface area contributed by atoms with Gasteiger partial charge >= 0.3 is 5.97 Å². The van der Waals surface area contributed by atoms with Crippen LogP contribution in [0.15, 0.2) is 30.3 Å². The second-order valence-corrected chi connectivity index (χ2v) is 19.1. The van der Waals surface area contributed by atoms with Crippen molar-refractivity contribution in [3.05, 3.63) is 35.9 Å². The summed E-state index contributed by atoms with van der Waals surface area (Å²) in [5.74, 6) is -9.78. The first kappa shape index (κ1) is 65.1. The summed E-state index contributed by atoms with van der Waals surface area (Å²) >= 11 is 0. The molecule has 0 bridgehead atoms. The molecule has 1 aromatic rings. The van der Waals surface area contributed by atoms with Crippen molar-refractivity contribution in [3.63, 3.8) is 0 Å². The molecule has 24 heteroatoms.